The fourth-order valence-corrected chi connectivity index (χ4v) is 3.00. The molecule has 0 aliphatic carbocycles. The third kappa shape index (κ3) is 2.87. The number of thiazole rings is 1. The van der Waals surface area contributed by atoms with Gasteiger partial charge in [-0.3, -0.25) is 4.98 Å². The molecule has 2 rings (SSSR count). The summed E-state index contributed by atoms with van der Waals surface area (Å²) in [6.07, 6.45) is 3.00. The maximum atomic E-state index is 4.11. The number of aromatic nitrogens is 1. The number of hydrogen-bond donors (Lipinski definition) is 1. The van der Waals surface area contributed by atoms with E-state index >= 15 is 0 Å². The van der Waals surface area contributed by atoms with Crippen molar-refractivity contribution in [3.8, 4) is 0 Å². The summed E-state index contributed by atoms with van der Waals surface area (Å²) >= 11 is 3.54. The highest BCUT2D eigenvalue weighted by atomic mass is 32.1. The summed E-state index contributed by atoms with van der Waals surface area (Å²) in [6.45, 7) is 3.15. The molecule has 0 radical (unpaired) electrons. The number of nitrogens with one attached hydrogen (secondary N) is 1. The quantitative estimate of drug-likeness (QED) is 0.866. The highest BCUT2D eigenvalue weighted by molar-refractivity contribution is 7.10. The Labute approximate surface area is 98.0 Å². The van der Waals surface area contributed by atoms with Gasteiger partial charge < -0.3 is 5.32 Å². The first-order valence-electron chi connectivity index (χ1n) is 5.04. The Kier molecular flexibility index (Phi) is 3.88. The Morgan fingerprint density at radius 2 is 2.40 bits per heavy atom. The van der Waals surface area contributed by atoms with Crippen molar-refractivity contribution in [3.05, 3.63) is 39.0 Å². The molecule has 0 saturated heterocycles. The standard InChI is InChI=1S/C11H14N2S2/c1-2-13-10(11-4-3-5-14-11)6-9-7-12-8-15-9/h3-5,7-8,10,13H,2,6H2,1H3. The Morgan fingerprint density at radius 1 is 1.47 bits per heavy atom. The molecule has 80 valence electrons. The molecule has 0 aliphatic heterocycles. The molecule has 4 heteroatoms. The molecule has 0 aliphatic rings. The van der Waals surface area contributed by atoms with Crippen molar-refractivity contribution in [1.29, 1.82) is 0 Å². The predicted octanol–water partition coefficient (Wildman–Crippen LogP) is 3.10. The van der Waals surface area contributed by atoms with Gasteiger partial charge in [-0.15, -0.1) is 22.7 Å². The topological polar surface area (TPSA) is 24.9 Å². The summed E-state index contributed by atoms with van der Waals surface area (Å²) in [7, 11) is 0. The minimum Gasteiger partial charge on any atom is -0.309 e. The van der Waals surface area contributed by atoms with Crippen LogP contribution in [0.15, 0.2) is 29.2 Å². The molecule has 1 N–H and O–H groups in total. The van der Waals surface area contributed by atoms with E-state index in [1.54, 1.807) is 11.3 Å². The second-order valence-corrected chi connectivity index (χ2v) is 5.25. The van der Waals surface area contributed by atoms with Crippen LogP contribution in [0.5, 0.6) is 0 Å². The van der Waals surface area contributed by atoms with Gasteiger partial charge in [0.1, 0.15) is 0 Å². The van der Waals surface area contributed by atoms with Crippen molar-refractivity contribution in [2.45, 2.75) is 19.4 Å². The van der Waals surface area contributed by atoms with Crippen LogP contribution in [0.25, 0.3) is 0 Å². The lowest BCUT2D eigenvalue weighted by atomic mass is 10.1. The largest absolute Gasteiger partial charge is 0.309 e. The smallest absolute Gasteiger partial charge is 0.0794 e. The molecule has 0 bridgehead atoms. The van der Waals surface area contributed by atoms with Gasteiger partial charge in [0.15, 0.2) is 0 Å². The number of rotatable bonds is 5. The average molecular weight is 238 g/mol. The van der Waals surface area contributed by atoms with E-state index in [-0.39, 0.29) is 0 Å². The number of thiophene rings is 1. The minimum absolute atomic E-state index is 0.440. The zero-order valence-electron chi connectivity index (χ0n) is 8.64. The summed E-state index contributed by atoms with van der Waals surface area (Å²) in [5.41, 5.74) is 1.90. The van der Waals surface area contributed by atoms with Gasteiger partial charge in [-0.05, 0) is 18.0 Å². The van der Waals surface area contributed by atoms with Gasteiger partial charge in [-0.25, -0.2) is 0 Å². The third-order valence-corrected chi connectivity index (χ3v) is 4.01. The van der Waals surface area contributed by atoms with Crippen molar-refractivity contribution in [1.82, 2.24) is 10.3 Å². The Morgan fingerprint density at radius 3 is 3.00 bits per heavy atom. The number of likely N-dealkylation sites (N-methyl/N-ethyl adjacent to an activating group) is 1. The number of nitrogens with zero attached hydrogens (tertiary/aromatic N) is 1. The van der Waals surface area contributed by atoms with Crippen LogP contribution in [-0.2, 0) is 6.42 Å². The molecule has 0 fully saturated rings. The molecule has 2 nitrogen and oxygen atoms in total. The average Bonchev–Trinajstić information content (AvgIpc) is 2.89. The second-order valence-electron chi connectivity index (χ2n) is 3.30. The zero-order valence-corrected chi connectivity index (χ0v) is 10.3. The first kappa shape index (κ1) is 10.8. The molecule has 0 amide bonds. The molecule has 15 heavy (non-hydrogen) atoms. The summed E-state index contributed by atoms with van der Waals surface area (Å²) in [5, 5.41) is 5.64. The zero-order chi connectivity index (χ0) is 10.5. The van der Waals surface area contributed by atoms with Crippen LogP contribution in [0.4, 0.5) is 0 Å². The van der Waals surface area contributed by atoms with Crippen LogP contribution in [0.1, 0.15) is 22.7 Å². The first-order chi connectivity index (χ1) is 7.40. The van der Waals surface area contributed by atoms with Gasteiger partial charge in [-0.2, -0.15) is 0 Å². The predicted molar refractivity (Wildman–Crippen MR) is 66.6 cm³/mol. The lowest BCUT2D eigenvalue weighted by Crippen LogP contribution is -2.21. The molecule has 2 heterocycles. The van der Waals surface area contributed by atoms with E-state index in [1.165, 1.54) is 9.75 Å². The Bertz CT molecular complexity index is 367. The van der Waals surface area contributed by atoms with Crippen LogP contribution in [0, 0.1) is 0 Å². The minimum atomic E-state index is 0.440. The maximum absolute atomic E-state index is 4.11. The maximum Gasteiger partial charge on any atom is 0.0794 e. The normalized spacial score (nSPS) is 12.9. The second kappa shape index (κ2) is 5.39. The Balaban J connectivity index is 2.07. The fourth-order valence-electron chi connectivity index (χ4n) is 1.55. The molecule has 0 aromatic carbocycles. The van der Waals surface area contributed by atoms with Gasteiger partial charge in [0.2, 0.25) is 0 Å². The highest BCUT2D eigenvalue weighted by Gasteiger charge is 2.12. The van der Waals surface area contributed by atoms with E-state index in [2.05, 4.69) is 34.7 Å². The molecule has 0 spiro atoms. The lowest BCUT2D eigenvalue weighted by molar-refractivity contribution is 0.561. The van der Waals surface area contributed by atoms with Crippen LogP contribution in [-0.4, -0.2) is 11.5 Å². The fraction of sp³-hybridized carbons (Fsp3) is 0.364. The SMILES string of the molecule is CCNC(Cc1cncs1)c1cccs1. The summed E-state index contributed by atoms with van der Waals surface area (Å²) < 4.78 is 0. The van der Waals surface area contributed by atoms with Gasteiger partial charge in [0.05, 0.1) is 5.51 Å². The Hall–Kier alpha value is -0.710. The van der Waals surface area contributed by atoms with E-state index < -0.39 is 0 Å². The van der Waals surface area contributed by atoms with Crippen LogP contribution in [0.2, 0.25) is 0 Å². The first-order valence-corrected chi connectivity index (χ1v) is 6.80. The van der Waals surface area contributed by atoms with Crippen molar-refractivity contribution < 1.29 is 0 Å². The van der Waals surface area contributed by atoms with Crippen LogP contribution >= 0.6 is 22.7 Å². The van der Waals surface area contributed by atoms with E-state index in [9.17, 15) is 0 Å². The molecule has 1 unspecified atom stereocenters. The van der Waals surface area contributed by atoms with Gasteiger partial charge in [0, 0.05) is 28.4 Å². The monoisotopic (exact) mass is 238 g/mol. The molecule has 1 atom stereocenters. The molecular weight excluding hydrogens is 224 g/mol. The van der Waals surface area contributed by atoms with Crippen LogP contribution in [0.3, 0.4) is 0 Å². The van der Waals surface area contributed by atoms with Gasteiger partial charge in [0.25, 0.3) is 0 Å². The molecule has 2 aromatic heterocycles. The highest BCUT2D eigenvalue weighted by Crippen LogP contribution is 2.23. The molecule has 0 saturated carbocycles. The van der Waals surface area contributed by atoms with E-state index in [0.717, 1.165) is 13.0 Å². The van der Waals surface area contributed by atoms with Crippen molar-refractivity contribution in [2.24, 2.45) is 0 Å². The van der Waals surface area contributed by atoms with Crippen molar-refractivity contribution in [3.63, 3.8) is 0 Å². The summed E-state index contributed by atoms with van der Waals surface area (Å²) in [6, 6.07) is 4.74. The lowest BCUT2D eigenvalue weighted by Gasteiger charge is -2.14. The molecular formula is C11H14N2S2. The van der Waals surface area contributed by atoms with Crippen molar-refractivity contribution in [2.75, 3.05) is 6.54 Å². The van der Waals surface area contributed by atoms with Gasteiger partial charge in [-0.1, -0.05) is 13.0 Å². The summed E-state index contributed by atoms with van der Waals surface area (Å²) in [5.74, 6) is 0. The van der Waals surface area contributed by atoms with E-state index in [4.69, 9.17) is 0 Å². The number of hydrogen-bond acceptors (Lipinski definition) is 4. The molecule has 2 aromatic rings. The van der Waals surface area contributed by atoms with E-state index in [1.807, 2.05) is 23.0 Å². The van der Waals surface area contributed by atoms with Gasteiger partial charge >= 0.3 is 0 Å². The third-order valence-electron chi connectivity index (χ3n) is 2.23. The van der Waals surface area contributed by atoms with Crippen molar-refractivity contribution >= 4 is 22.7 Å². The summed E-state index contributed by atoms with van der Waals surface area (Å²) in [4.78, 5) is 6.86. The van der Waals surface area contributed by atoms with E-state index in [0.29, 0.717) is 6.04 Å². The van der Waals surface area contributed by atoms with Crippen LogP contribution < -0.4 is 5.32 Å².